The van der Waals surface area contributed by atoms with E-state index in [0.29, 0.717) is 12.0 Å². The van der Waals surface area contributed by atoms with Gasteiger partial charge in [-0.05, 0) is 89.5 Å². The molecule has 0 saturated carbocycles. The smallest absolute Gasteiger partial charge is 0.303 e. The molecule has 1 heterocycles. The van der Waals surface area contributed by atoms with Gasteiger partial charge in [-0.25, -0.2) is 0 Å². The Kier molecular flexibility index (Phi) is 5.65. The van der Waals surface area contributed by atoms with Crippen molar-refractivity contribution < 1.29 is 14.7 Å². The van der Waals surface area contributed by atoms with E-state index in [4.69, 9.17) is 10.8 Å². The molecule has 0 unspecified atom stereocenters. The van der Waals surface area contributed by atoms with Crippen LogP contribution in [0.15, 0.2) is 54.6 Å². The first-order chi connectivity index (χ1) is 12.9. The number of carbonyl (C=O) groups excluding carboxylic acids is 1. The highest BCUT2D eigenvalue weighted by Gasteiger charge is 2.15. The lowest BCUT2D eigenvalue weighted by Crippen LogP contribution is -2.12. The average Bonchev–Trinajstić information content (AvgIpc) is 3.04. The van der Waals surface area contributed by atoms with Crippen molar-refractivity contribution in [3.63, 3.8) is 0 Å². The third-order valence-electron chi connectivity index (χ3n) is 4.42. The van der Waals surface area contributed by atoms with Crippen molar-refractivity contribution in [2.75, 3.05) is 0 Å². The lowest BCUT2D eigenvalue weighted by atomic mass is 10.1. The standard InChI is InChI=1S/C21H19IN2O3/c1-13-12-15(21(23)27)4-9-18(13)24-17(8-11-20(25)26)7-10-19(24)14-2-5-16(22)6-3-14/h2-7,9-10,12H,8,11H2,1H3,(H2,23,27)(H,25,26). The van der Waals surface area contributed by atoms with Gasteiger partial charge in [0, 0.05) is 20.5 Å². The number of benzene rings is 2. The molecule has 0 aliphatic rings. The summed E-state index contributed by atoms with van der Waals surface area (Å²) in [4.78, 5) is 22.5. The molecule has 2 aromatic carbocycles. The first-order valence-electron chi connectivity index (χ1n) is 8.46. The van der Waals surface area contributed by atoms with Crippen molar-refractivity contribution in [2.24, 2.45) is 5.73 Å². The van der Waals surface area contributed by atoms with Gasteiger partial charge in [0.05, 0.1) is 12.1 Å². The molecule has 5 nitrogen and oxygen atoms in total. The van der Waals surface area contributed by atoms with Gasteiger partial charge >= 0.3 is 5.97 Å². The zero-order chi connectivity index (χ0) is 19.6. The van der Waals surface area contributed by atoms with Crippen molar-refractivity contribution in [3.8, 4) is 16.9 Å². The molecule has 1 amide bonds. The highest BCUT2D eigenvalue weighted by atomic mass is 127. The lowest BCUT2D eigenvalue weighted by Gasteiger charge is -2.17. The molecule has 27 heavy (non-hydrogen) atoms. The number of carboxylic acid groups (broad SMARTS) is 1. The highest BCUT2D eigenvalue weighted by molar-refractivity contribution is 14.1. The minimum atomic E-state index is -0.834. The minimum Gasteiger partial charge on any atom is -0.481 e. The molecule has 1 aromatic heterocycles. The summed E-state index contributed by atoms with van der Waals surface area (Å²) in [5.41, 5.74) is 10.5. The van der Waals surface area contributed by atoms with Crippen LogP contribution in [-0.2, 0) is 11.2 Å². The Balaban J connectivity index is 2.15. The van der Waals surface area contributed by atoms with Gasteiger partial charge in [-0.3, -0.25) is 9.59 Å². The topological polar surface area (TPSA) is 85.3 Å². The number of carbonyl (C=O) groups is 2. The van der Waals surface area contributed by atoms with E-state index in [9.17, 15) is 9.59 Å². The first-order valence-corrected chi connectivity index (χ1v) is 9.54. The summed E-state index contributed by atoms with van der Waals surface area (Å²) < 4.78 is 3.20. The summed E-state index contributed by atoms with van der Waals surface area (Å²) in [6, 6.07) is 17.4. The quantitative estimate of drug-likeness (QED) is 0.526. The monoisotopic (exact) mass is 474 g/mol. The maximum absolute atomic E-state index is 11.5. The summed E-state index contributed by atoms with van der Waals surface area (Å²) in [5, 5.41) is 9.08. The molecule has 0 aliphatic carbocycles. The molecule has 0 saturated heterocycles. The van der Waals surface area contributed by atoms with Gasteiger partial charge in [-0.2, -0.15) is 0 Å². The van der Waals surface area contributed by atoms with E-state index in [1.165, 1.54) is 0 Å². The molecule has 0 spiro atoms. The molecule has 138 valence electrons. The number of aliphatic carboxylic acids is 1. The minimum absolute atomic E-state index is 0.0502. The molecule has 0 atom stereocenters. The SMILES string of the molecule is Cc1cc(C(N)=O)ccc1-n1c(CCC(=O)O)ccc1-c1ccc(I)cc1. The summed E-state index contributed by atoms with van der Waals surface area (Å²) in [6.45, 7) is 1.92. The second kappa shape index (κ2) is 7.96. The Morgan fingerprint density at radius 3 is 2.37 bits per heavy atom. The van der Waals surface area contributed by atoms with Gasteiger partial charge in [-0.1, -0.05) is 12.1 Å². The molecule has 0 bridgehead atoms. The number of hydrogen-bond donors (Lipinski definition) is 2. The molecule has 3 rings (SSSR count). The van der Waals surface area contributed by atoms with Crippen LogP contribution in [0.3, 0.4) is 0 Å². The second-order valence-electron chi connectivity index (χ2n) is 6.31. The number of aromatic nitrogens is 1. The fourth-order valence-corrected chi connectivity index (χ4v) is 3.46. The molecular weight excluding hydrogens is 455 g/mol. The van der Waals surface area contributed by atoms with E-state index in [1.54, 1.807) is 12.1 Å². The summed E-state index contributed by atoms with van der Waals surface area (Å²) in [7, 11) is 0. The van der Waals surface area contributed by atoms with Crippen molar-refractivity contribution in [1.82, 2.24) is 4.57 Å². The Bertz CT molecular complexity index is 1010. The number of nitrogens with zero attached hydrogens (tertiary/aromatic N) is 1. The van der Waals surface area contributed by atoms with E-state index in [-0.39, 0.29) is 6.42 Å². The van der Waals surface area contributed by atoms with E-state index < -0.39 is 11.9 Å². The van der Waals surface area contributed by atoms with Crippen LogP contribution >= 0.6 is 22.6 Å². The fourth-order valence-electron chi connectivity index (χ4n) is 3.10. The molecule has 3 aromatic rings. The number of aryl methyl sites for hydroxylation is 2. The Labute approximate surface area is 171 Å². The van der Waals surface area contributed by atoms with Crippen LogP contribution in [0.1, 0.15) is 28.0 Å². The second-order valence-corrected chi connectivity index (χ2v) is 7.56. The van der Waals surface area contributed by atoms with Gasteiger partial charge in [-0.15, -0.1) is 0 Å². The zero-order valence-corrected chi connectivity index (χ0v) is 16.9. The van der Waals surface area contributed by atoms with Crippen molar-refractivity contribution in [2.45, 2.75) is 19.8 Å². The van der Waals surface area contributed by atoms with Crippen LogP contribution in [0.5, 0.6) is 0 Å². The molecule has 0 aliphatic heterocycles. The summed E-state index contributed by atoms with van der Waals surface area (Å²) in [5.74, 6) is -1.31. The van der Waals surface area contributed by atoms with Crippen LogP contribution in [0.25, 0.3) is 16.9 Å². The van der Waals surface area contributed by atoms with Crippen LogP contribution in [-0.4, -0.2) is 21.6 Å². The number of nitrogens with two attached hydrogens (primary N) is 1. The van der Waals surface area contributed by atoms with Crippen LogP contribution < -0.4 is 5.73 Å². The van der Waals surface area contributed by atoms with E-state index in [2.05, 4.69) is 27.2 Å². The molecule has 0 radical (unpaired) electrons. The number of halogens is 1. The highest BCUT2D eigenvalue weighted by Crippen LogP contribution is 2.30. The number of rotatable bonds is 6. The van der Waals surface area contributed by atoms with Gasteiger partial charge in [0.25, 0.3) is 0 Å². The van der Waals surface area contributed by atoms with Gasteiger partial charge in [0.1, 0.15) is 0 Å². The summed E-state index contributed by atoms with van der Waals surface area (Å²) >= 11 is 2.26. The Hall–Kier alpha value is -2.61. The molecular formula is C21H19IN2O3. The van der Waals surface area contributed by atoms with E-state index in [1.807, 2.05) is 49.4 Å². The van der Waals surface area contributed by atoms with Crippen LogP contribution in [0.2, 0.25) is 0 Å². The number of primary amides is 1. The molecule has 3 N–H and O–H groups in total. The maximum atomic E-state index is 11.5. The van der Waals surface area contributed by atoms with Crippen molar-refractivity contribution >= 4 is 34.5 Å². The van der Waals surface area contributed by atoms with E-state index in [0.717, 1.165) is 31.8 Å². The van der Waals surface area contributed by atoms with E-state index >= 15 is 0 Å². The molecule has 0 fully saturated rings. The summed E-state index contributed by atoms with van der Waals surface area (Å²) in [6.07, 6.45) is 0.464. The largest absolute Gasteiger partial charge is 0.481 e. The maximum Gasteiger partial charge on any atom is 0.303 e. The lowest BCUT2D eigenvalue weighted by molar-refractivity contribution is -0.136. The third-order valence-corrected chi connectivity index (χ3v) is 5.14. The Morgan fingerprint density at radius 1 is 1.07 bits per heavy atom. The predicted molar refractivity (Wildman–Crippen MR) is 113 cm³/mol. The van der Waals surface area contributed by atoms with Gasteiger partial charge < -0.3 is 15.4 Å². The fraction of sp³-hybridized carbons (Fsp3) is 0.143. The van der Waals surface area contributed by atoms with Crippen LogP contribution in [0.4, 0.5) is 0 Å². The number of hydrogen-bond acceptors (Lipinski definition) is 2. The number of amides is 1. The van der Waals surface area contributed by atoms with Crippen molar-refractivity contribution in [3.05, 3.63) is 75.0 Å². The van der Waals surface area contributed by atoms with Gasteiger partial charge in [0.15, 0.2) is 0 Å². The number of carboxylic acids is 1. The van der Waals surface area contributed by atoms with Crippen molar-refractivity contribution in [1.29, 1.82) is 0 Å². The Morgan fingerprint density at radius 2 is 1.78 bits per heavy atom. The van der Waals surface area contributed by atoms with Gasteiger partial charge in [0.2, 0.25) is 5.91 Å². The molecule has 6 heteroatoms. The normalized spacial score (nSPS) is 10.7. The predicted octanol–water partition coefficient (Wildman–Crippen LogP) is 4.17. The zero-order valence-electron chi connectivity index (χ0n) is 14.8. The average molecular weight is 474 g/mol. The third kappa shape index (κ3) is 4.21. The van der Waals surface area contributed by atoms with Crippen LogP contribution in [0, 0.1) is 10.5 Å². The first kappa shape index (κ1) is 19.2.